The van der Waals surface area contributed by atoms with Crippen molar-refractivity contribution >= 4 is 17.2 Å². The van der Waals surface area contributed by atoms with E-state index in [-0.39, 0.29) is 6.79 Å². The maximum atomic E-state index is 6.40. The Bertz CT molecular complexity index is 1200. The zero-order valence-electron chi connectivity index (χ0n) is 16.1. The minimum atomic E-state index is 0.194. The lowest BCUT2D eigenvalue weighted by Crippen LogP contribution is -2.19. The van der Waals surface area contributed by atoms with Gasteiger partial charge in [0, 0.05) is 25.4 Å². The van der Waals surface area contributed by atoms with Gasteiger partial charge in [0.15, 0.2) is 11.5 Å². The third kappa shape index (κ3) is 3.32. The van der Waals surface area contributed by atoms with Gasteiger partial charge in [-0.25, -0.2) is 9.97 Å². The minimum absolute atomic E-state index is 0.194. The smallest absolute Gasteiger partial charge is 0.231 e. The summed E-state index contributed by atoms with van der Waals surface area (Å²) in [6.07, 6.45) is 3.92. The van der Waals surface area contributed by atoms with E-state index >= 15 is 0 Å². The molecule has 0 atom stereocenters. The fraction of sp³-hybridized carbons (Fsp3) is 0.238. The second kappa shape index (κ2) is 7.09. The van der Waals surface area contributed by atoms with Gasteiger partial charge in [0.1, 0.15) is 11.4 Å². The molecule has 0 N–H and O–H groups in total. The number of aryl methyl sites for hydroxylation is 1. The highest BCUT2D eigenvalue weighted by molar-refractivity contribution is 6.33. The molecular weight excluding hydrogens is 392 g/mol. The Morgan fingerprint density at radius 3 is 2.86 bits per heavy atom. The number of fused-ring (bicyclic) bond motifs is 2. The number of oxazole rings is 1. The molecule has 1 aliphatic rings. The van der Waals surface area contributed by atoms with Crippen molar-refractivity contribution in [2.75, 3.05) is 13.8 Å². The van der Waals surface area contributed by atoms with Gasteiger partial charge in [-0.3, -0.25) is 4.90 Å². The number of ether oxygens (including phenoxy) is 2. The van der Waals surface area contributed by atoms with E-state index in [1.807, 2.05) is 50.6 Å². The second-order valence-corrected chi connectivity index (χ2v) is 7.47. The molecule has 0 bridgehead atoms. The topological polar surface area (TPSA) is 65.0 Å². The molecule has 0 fully saturated rings. The van der Waals surface area contributed by atoms with Crippen molar-refractivity contribution in [1.29, 1.82) is 0 Å². The number of nitrogens with zero attached hydrogens (tertiary/aromatic N) is 4. The summed E-state index contributed by atoms with van der Waals surface area (Å²) >= 11 is 6.40. The summed E-state index contributed by atoms with van der Waals surface area (Å²) in [5.74, 6) is 2.52. The van der Waals surface area contributed by atoms with Gasteiger partial charge in [-0.2, -0.15) is 0 Å². The Morgan fingerprint density at radius 1 is 1.17 bits per heavy atom. The first kappa shape index (κ1) is 18.0. The number of benzene rings is 1. The lowest BCUT2D eigenvalue weighted by atomic mass is 10.2. The van der Waals surface area contributed by atoms with Crippen LogP contribution in [0.4, 0.5) is 0 Å². The zero-order valence-corrected chi connectivity index (χ0v) is 16.8. The molecule has 3 aromatic heterocycles. The Morgan fingerprint density at radius 2 is 2.00 bits per heavy atom. The first-order valence-electron chi connectivity index (χ1n) is 9.24. The lowest BCUT2D eigenvalue weighted by molar-refractivity contribution is 0.174. The number of aromatic nitrogens is 3. The zero-order chi connectivity index (χ0) is 20.0. The molecule has 4 heterocycles. The largest absolute Gasteiger partial charge is 0.454 e. The molecule has 0 saturated heterocycles. The molecule has 8 heteroatoms. The second-order valence-electron chi connectivity index (χ2n) is 7.06. The van der Waals surface area contributed by atoms with Gasteiger partial charge >= 0.3 is 0 Å². The van der Waals surface area contributed by atoms with Crippen LogP contribution >= 0.6 is 11.6 Å². The SMILES string of the molecule is Cc1oc(-c2cc3c(cc2Cl)OCO3)nc1CN(C)Cc1cnc2ccccn12. The first-order valence-corrected chi connectivity index (χ1v) is 9.61. The Kier molecular flexibility index (Phi) is 4.41. The van der Waals surface area contributed by atoms with E-state index in [1.165, 1.54) is 0 Å². The molecular formula is C21H19ClN4O3. The van der Waals surface area contributed by atoms with Crippen molar-refractivity contribution in [1.82, 2.24) is 19.3 Å². The molecule has 5 rings (SSSR count). The molecule has 7 nitrogen and oxygen atoms in total. The molecule has 0 aliphatic carbocycles. The van der Waals surface area contributed by atoms with Crippen LogP contribution in [0.5, 0.6) is 11.5 Å². The van der Waals surface area contributed by atoms with Crippen LogP contribution < -0.4 is 9.47 Å². The molecule has 1 aliphatic heterocycles. The predicted octanol–water partition coefficient (Wildman–Crippen LogP) is 4.31. The van der Waals surface area contributed by atoms with E-state index in [2.05, 4.69) is 19.3 Å². The highest BCUT2D eigenvalue weighted by Gasteiger charge is 2.21. The van der Waals surface area contributed by atoms with Crippen LogP contribution in [-0.4, -0.2) is 33.1 Å². The van der Waals surface area contributed by atoms with Crippen LogP contribution in [0.3, 0.4) is 0 Å². The van der Waals surface area contributed by atoms with Crippen molar-refractivity contribution < 1.29 is 13.9 Å². The van der Waals surface area contributed by atoms with Crippen molar-refractivity contribution in [3.63, 3.8) is 0 Å². The quantitative estimate of drug-likeness (QED) is 0.488. The number of pyridine rings is 1. The van der Waals surface area contributed by atoms with Crippen molar-refractivity contribution in [3.05, 3.63) is 64.9 Å². The van der Waals surface area contributed by atoms with E-state index in [4.69, 9.17) is 25.5 Å². The van der Waals surface area contributed by atoms with Crippen molar-refractivity contribution in [2.45, 2.75) is 20.0 Å². The third-order valence-corrected chi connectivity index (χ3v) is 5.24. The fourth-order valence-corrected chi connectivity index (χ4v) is 3.70. The average Bonchev–Trinajstić information content (AvgIpc) is 3.41. The molecule has 0 saturated carbocycles. The highest BCUT2D eigenvalue weighted by Crippen LogP contribution is 2.41. The summed E-state index contributed by atoms with van der Waals surface area (Å²) in [6.45, 7) is 3.48. The number of rotatable bonds is 5. The van der Waals surface area contributed by atoms with Gasteiger partial charge in [0.05, 0.1) is 28.2 Å². The summed E-state index contributed by atoms with van der Waals surface area (Å²) in [6, 6.07) is 9.52. The van der Waals surface area contributed by atoms with Crippen molar-refractivity contribution in [3.8, 4) is 23.0 Å². The molecule has 4 aromatic rings. The lowest BCUT2D eigenvalue weighted by Gasteiger charge is -2.15. The number of hydrogen-bond donors (Lipinski definition) is 0. The van der Waals surface area contributed by atoms with E-state index in [1.54, 1.807) is 6.07 Å². The Labute approximate surface area is 172 Å². The molecule has 0 amide bonds. The number of halogens is 1. The van der Waals surface area contributed by atoms with Crippen LogP contribution in [0, 0.1) is 6.92 Å². The predicted molar refractivity (Wildman–Crippen MR) is 108 cm³/mol. The van der Waals surface area contributed by atoms with Crippen molar-refractivity contribution in [2.24, 2.45) is 0 Å². The van der Waals surface area contributed by atoms with E-state index in [0.29, 0.717) is 34.5 Å². The average molecular weight is 411 g/mol. The highest BCUT2D eigenvalue weighted by atomic mass is 35.5. The van der Waals surface area contributed by atoms with Gasteiger partial charge in [0.2, 0.25) is 12.7 Å². The summed E-state index contributed by atoms with van der Waals surface area (Å²) in [7, 11) is 2.05. The summed E-state index contributed by atoms with van der Waals surface area (Å²) in [5.41, 5.74) is 3.61. The molecule has 0 unspecified atom stereocenters. The summed E-state index contributed by atoms with van der Waals surface area (Å²) in [4.78, 5) is 11.3. The third-order valence-electron chi connectivity index (χ3n) is 4.93. The monoisotopic (exact) mass is 410 g/mol. The van der Waals surface area contributed by atoms with Gasteiger partial charge in [-0.15, -0.1) is 0 Å². The van der Waals surface area contributed by atoms with Gasteiger partial charge in [-0.05, 0) is 32.2 Å². The summed E-state index contributed by atoms with van der Waals surface area (Å²) < 4.78 is 18.8. The van der Waals surface area contributed by atoms with E-state index in [9.17, 15) is 0 Å². The molecule has 29 heavy (non-hydrogen) atoms. The normalized spacial score (nSPS) is 13.0. The fourth-order valence-electron chi connectivity index (χ4n) is 3.46. The minimum Gasteiger partial charge on any atom is -0.454 e. The maximum Gasteiger partial charge on any atom is 0.231 e. The van der Waals surface area contributed by atoms with E-state index in [0.717, 1.165) is 29.3 Å². The maximum absolute atomic E-state index is 6.40. The number of hydrogen-bond acceptors (Lipinski definition) is 6. The molecule has 148 valence electrons. The standard InChI is InChI=1S/C21H19ClN4O3/c1-13-17(11-25(2)10-14-9-23-20-5-3-4-6-26(14)20)24-21(29-13)15-7-18-19(8-16(15)22)28-12-27-18/h3-9H,10-12H2,1-2H3. The van der Waals surface area contributed by atoms with Crippen LogP contribution in [0.25, 0.3) is 17.1 Å². The van der Waals surface area contributed by atoms with Crippen LogP contribution in [-0.2, 0) is 13.1 Å². The summed E-state index contributed by atoms with van der Waals surface area (Å²) in [5, 5.41) is 0.515. The molecule has 0 radical (unpaired) electrons. The van der Waals surface area contributed by atoms with Gasteiger partial charge in [0.25, 0.3) is 0 Å². The van der Waals surface area contributed by atoms with Crippen LogP contribution in [0.1, 0.15) is 17.1 Å². The molecule has 1 aromatic carbocycles. The van der Waals surface area contributed by atoms with Gasteiger partial charge in [-0.1, -0.05) is 17.7 Å². The van der Waals surface area contributed by atoms with Crippen LogP contribution in [0.15, 0.2) is 47.1 Å². The van der Waals surface area contributed by atoms with E-state index < -0.39 is 0 Å². The first-order chi connectivity index (χ1) is 14.1. The van der Waals surface area contributed by atoms with Crippen LogP contribution in [0.2, 0.25) is 5.02 Å². The number of imidazole rings is 1. The Balaban J connectivity index is 1.37. The van der Waals surface area contributed by atoms with Gasteiger partial charge < -0.3 is 18.3 Å². The molecule has 0 spiro atoms. The Hall–Kier alpha value is -3.03.